The fraction of sp³-hybridized carbons (Fsp3) is 0.667. The minimum Gasteiger partial charge on any atom is -0.379 e. The highest BCUT2D eigenvalue weighted by molar-refractivity contribution is 7.19. The Bertz CT molecular complexity index is 708. The lowest BCUT2D eigenvalue weighted by Crippen LogP contribution is -2.49. The van der Waals surface area contributed by atoms with Gasteiger partial charge < -0.3 is 10.1 Å². The number of hydrogen-bond acceptors (Lipinski definition) is 6. The van der Waals surface area contributed by atoms with Crippen molar-refractivity contribution < 1.29 is 4.74 Å². The second-order valence-corrected chi connectivity index (χ2v) is 8.18. The standard InChI is InChI=1S/C18H26N4OS/c1-12(2)14(22-6-8-23-9-7-22)10-19-17-16-13-4-3-5-15(13)24-18(16)21-11-20-17/h11-12,14H,3-10H2,1-2H3,(H,19,20,21). The molecule has 0 aromatic carbocycles. The van der Waals surface area contributed by atoms with E-state index in [9.17, 15) is 0 Å². The third-order valence-electron chi connectivity index (χ3n) is 5.26. The molecule has 0 bridgehead atoms. The van der Waals surface area contributed by atoms with Crippen LogP contribution in [-0.2, 0) is 17.6 Å². The average Bonchev–Trinajstić information content (AvgIpc) is 3.16. The lowest BCUT2D eigenvalue weighted by molar-refractivity contribution is 0.00954. The van der Waals surface area contributed by atoms with E-state index in [0.717, 1.165) is 43.5 Å². The summed E-state index contributed by atoms with van der Waals surface area (Å²) in [6, 6.07) is 0.505. The quantitative estimate of drug-likeness (QED) is 0.902. The van der Waals surface area contributed by atoms with E-state index in [4.69, 9.17) is 4.74 Å². The summed E-state index contributed by atoms with van der Waals surface area (Å²) in [6.07, 6.45) is 5.36. The molecule has 130 valence electrons. The van der Waals surface area contributed by atoms with Crippen molar-refractivity contribution in [2.75, 3.05) is 38.2 Å². The average molecular weight is 347 g/mol. The molecule has 0 radical (unpaired) electrons. The minimum atomic E-state index is 0.505. The van der Waals surface area contributed by atoms with Crippen molar-refractivity contribution in [3.05, 3.63) is 16.8 Å². The molecule has 5 nitrogen and oxygen atoms in total. The van der Waals surface area contributed by atoms with Crippen molar-refractivity contribution in [1.82, 2.24) is 14.9 Å². The summed E-state index contributed by atoms with van der Waals surface area (Å²) in [7, 11) is 0. The molecule has 4 rings (SSSR count). The third-order valence-corrected chi connectivity index (χ3v) is 6.46. The van der Waals surface area contributed by atoms with E-state index in [0.29, 0.717) is 12.0 Å². The van der Waals surface area contributed by atoms with E-state index in [2.05, 4.69) is 34.0 Å². The number of morpholine rings is 1. The van der Waals surface area contributed by atoms with E-state index in [1.165, 1.54) is 35.1 Å². The molecule has 2 aromatic heterocycles. The largest absolute Gasteiger partial charge is 0.379 e. The second kappa shape index (κ2) is 6.94. The Morgan fingerprint density at radius 1 is 1.25 bits per heavy atom. The Kier molecular flexibility index (Phi) is 4.70. The summed E-state index contributed by atoms with van der Waals surface area (Å²) >= 11 is 1.85. The van der Waals surface area contributed by atoms with Crippen LogP contribution in [0.2, 0.25) is 0 Å². The Labute approximate surface area is 147 Å². The van der Waals surface area contributed by atoms with Crippen molar-refractivity contribution in [2.24, 2.45) is 5.92 Å². The maximum Gasteiger partial charge on any atom is 0.138 e. The zero-order valence-corrected chi connectivity index (χ0v) is 15.4. The zero-order valence-electron chi connectivity index (χ0n) is 14.5. The summed E-state index contributed by atoms with van der Waals surface area (Å²) in [6.45, 7) is 9.28. The van der Waals surface area contributed by atoms with Crippen LogP contribution < -0.4 is 5.32 Å². The molecule has 0 spiro atoms. The monoisotopic (exact) mass is 346 g/mol. The second-order valence-electron chi connectivity index (χ2n) is 7.10. The fourth-order valence-electron chi connectivity index (χ4n) is 3.96. The van der Waals surface area contributed by atoms with Gasteiger partial charge in [-0.25, -0.2) is 9.97 Å². The number of aromatic nitrogens is 2. The van der Waals surface area contributed by atoms with Crippen LogP contribution in [0, 0.1) is 5.92 Å². The van der Waals surface area contributed by atoms with Gasteiger partial charge in [0.2, 0.25) is 0 Å². The number of aryl methyl sites for hydroxylation is 2. The first-order valence-electron chi connectivity index (χ1n) is 9.05. The zero-order chi connectivity index (χ0) is 16.5. The maximum atomic E-state index is 5.51. The molecule has 1 fully saturated rings. The lowest BCUT2D eigenvalue weighted by Gasteiger charge is -2.37. The normalized spacial score (nSPS) is 19.8. The Balaban J connectivity index is 1.55. The van der Waals surface area contributed by atoms with E-state index in [-0.39, 0.29) is 0 Å². The first-order valence-corrected chi connectivity index (χ1v) is 9.86. The summed E-state index contributed by atoms with van der Waals surface area (Å²) in [4.78, 5) is 14.3. The number of nitrogens with one attached hydrogen (secondary N) is 1. The molecule has 6 heteroatoms. The Hall–Kier alpha value is -1.24. The molecule has 3 heterocycles. The highest BCUT2D eigenvalue weighted by Gasteiger charge is 2.25. The van der Waals surface area contributed by atoms with Gasteiger partial charge in [0.15, 0.2) is 0 Å². The number of fused-ring (bicyclic) bond motifs is 3. The van der Waals surface area contributed by atoms with Crippen molar-refractivity contribution in [3.63, 3.8) is 0 Å². The number of anilines is 1. The lowest BCUT2D eigenvalue weighted by atomic mass is 10.0. The summed E-state index contributed by atoms with van der Waals surface area (Å²) in [5, 5.41) is 4.93. The summed E-state index contributed by atoms with van der Waals surface area (Å²) in [5.41, 5.74) is 1.49. The summed E-state index contributed by atoms with van der Waals surface area (Å²) < 4.78 is 5.51. The summed E-state index contributed by atoms with van der Waals surface area (Å²) in [5.74, 6) is 1.62. The fourth-order valence-corrected chi connectivity index (χ4v) is 5.19. The molecule has 1 aliphatic heterocycles. The molecular weight excluding hydrogens is 320 g/mol. The molecule has 2 aliphatic rings. The molecule has 1 atom stereocenters. The van der Waals surface area contributed by atoms with Gasteiger partial charge in [0.25, 0.3) is 0 Å². The van der Waals surface area contributed by atoms with Gasteiger partial charge in [0.1, 0.15) is 17.0 Å². The number of ether oxygens (including phenoxy) is 1. The predicted octanol–water partition coefficient (Wildman–Crippen LogP) is 2.95. The van der Waals surface area contributed by atoms with E-state index < -0.39 is 0 Å². The minimum absolute atomic E-state index is 0.505. The molecule has 1 saturated heterocycles. The van der Waals surface area contributed by atoms with Crippen molar-refractivity contribution in [2.45, 2.75) is 39.2 Å². The molecule has 2 aromatic rings. The van der Waals surface area contributed by atoms with Crippen molar-refractivity contribution in [3.8, 4) is 0 Å². The van der Waals surface area contributed by atoms with Crippen LogP contribution in [0.25, 0.3) is 10.2 Å². The first kappa shape index (κ1) is 16.2. The van der Waals surface area contributed by atoms with Crippen LogP contribution in [-0.4, -0.2) is 53.8 Å². The van der Waals surface area contributed by atoms with E-state index in [1.807, 2.05) is 11.3 Å². The number of hydrogen-bond donors (Lipinski definition) is 1. The van der Waals surface area contributed by atoms with Gasteiger partial charge in [-0.3, -0.25) is 4.90 Å². The molecule has 1 unspecified atom stereocenters. The van der Waals surface area contributed by atoms with Crippen LogP contribution in [0.5, 0.6) is 0 Å². The molecule has 1 N–H and O–H groups in total. The highest BCUT2D eigenvalue weighted by Crippen LogP contribution is 2.39. The number of rotatable bonds is 5. The van der Waals surface area contributed by atoms with Gasteiger partial charge in [0, 0.05) is 30.6 Å². The Morgan fingerprint density at radius 3 is 2.88 bits per heavy atom. The van der Waals surface area contributed by atoms with Gasteiger partial charge in [-0.15, -0.1) is 11.3 Å². The first-order chi connectivity index (χ1) is 11.7. The van der Waals surface area contributed by atoms with Gasteiger partial charge >= 0.3 is 0 Å². The van der Waals surface area contributed by atoms with Gasteiger partial charge in [-0.05, 0) is 30.7 Å². The SMILES string of the molecule is CC(C)C(CNc1ncnc2sc3c(c12)CCC3)N1CCOCC1. The van der Waals surface area contributed by atoms with E-state index in [1.54, 1.807) is 6.33 Å². The van der Waals surface area contributed by atoms with Crippen molar-refractivity contribution in [1.29, 1.82) is 0 Å². The van der Waals surface area contributed by atoms with E-state index >= 15 is 0 Å². The molecule has 0 amide bonds. The van der Waals surface area contributed by atoms with Crippen LogP contribution in [0.4, 0.5) is 5.82 Å². The maximum absolute atomic E-state index is 5.51. The van der Waals surface area contributed by atoms with Crippen LogP contribution in [0.1, 0.15) is 30.7 Å². The van der Waals surface area contributed by atoms with Gasteiger partial charge in [-0.1, -0.05) is 13.8 Å². The molecular formula is C18H26N4OS. The topological polar surface area (TPSA) is 50.3 Å². The third kappa shape index (κ3) is 3.03. The van der Waals surface area contributed by atoms with Crippen LogP contribution in [0.3, 0.4) is 0 Å². The van der Waals surface area contributed by atoms with Gasteiger partial charge in [-0.2, -0.15) is 0 Å². The van der Waals surface area contributed by atoms with Crippen molar-refractivity contribution >= 4 is 27.4 Å². The van der Waals surface area contributed by atoms with Crippen LogP contribution >= 0.6 is 11.3 Å². The van der Waals surface area contributed by atoms with Crippen LogP contribution in [0.15, 0.2) is 6.33 Å². The highest BCUT2D eigenvalue weighted by atomic mass is 32.1. The molecule has 1 aliphatic carbocycles. The number of nitrogens with zero attached hydrogens (tertiary/aromatic N) is 3. The molecule has 24 heavy (non-hydrogen) atoms. The predicted molar refractivity (Wildman–Crippen MR) is 98.9 cm³/mol. The smallest absolute Gasteiger partial charge is 0.138 e. The number of thiophene rings is 1. The Morgan fingerprint density at radius 2 is 2.08 bits per heavy atom. The van der Waals surface area contributed by atoms with Gasteiger partial charge in [0.05, 0.1) is 18.6 Å². The molecule has 0 saturated carbocycles.